The Morgan fingerprint density at radius 2 is 1.36 bits per heavy atom. The lowest BCUT2D eigenvalue weighted by Crippen LogP contribution is -2.27. The van der Waals surface area contributed by atoms with Crippen LogP contribution in [0.3, 0.4) is 0 Å². The SMILES string of the molecule is C=CCC(CC)(CC)CCC(=O)OCC(COC(=O)CCCCCCC/C=C\C/C=C\CCCCC)COC(=O)CCc1cnc[nH]1. The number of hydrogen-bond acceptors (Lipinski definition) is 7. The quantitative estimate of drug-likeness (QED) is 0.0380. The summed E-state index contributed by atoms with van der Waals surface area (Å²) in [5.74, 6) is -1.38. The summed E-state index contributed by atoms with van der Waals surface area (Å²) in [5.41, 5.74) is 0.892. The van der Waals surface area contributed by atoms with E-state index in [2.05, 4.69) is 61.6 Å². The van der Waals surface area contributed by atoms with Gasteiger partial charge in [-0.15, -0.1) is 6.58 Å². The number of esters is 3. The minimum absolute atomic E-state index is 0.0103. The van der Waals surface area contributed by atoms with Gasteiger partial charge < -0.3 is 19.2 Å². The predicted octanol–water partition coefficient (Wildman–Crippen LogP) is 9.56. The molecule has 8 nitrogen and oxygen atoms in total. The Hall–Kier alpha value is -3.16. The maximum Gasteiger partial charge on any atom is 0.306 e. The third kappa shape index (κ3) is 22.1. The molecule has 1 aromatic heterocycles. The van der Waals surface area contributed by atoms with Crippen molar-refractivity contribution in [1.82, 2.24) is 9.97 Å². The number of rotatable bonds is 30. The second-order valence-corrected chi connectivity index (χ2v) is 12.7. The molecule has 0 radical (unpaired) electrons. The summed E-state index contributed by atoms with van der Waals surface area (Å²) in [6.07, 6.45) is 31.4. The van der Waals surface area contributed by atoms with Crippen LogP contribution in [0.25, 0.3) is 0 Å². The molecule has 0 fully saturated rings. The van der Waals surface area contributed by atoms with E-state index in [-0.39, 0.29) is 49.6 Å². The van der Waals surface area contributed by atoms with Crippen LogP contribution in [0.2, 0.25) is 0 Å². The normalized spacial score (nSPS) is 12.4. The molecule has 1 N–H and O–H groups in total. The number of nitrogens with zero attached hydrogens (tertiary/aromatic N) is 1. The van der Waals surface area contributed by atoms with Crippen molar-refractivity contribution < 1.29 is 28.6 Å². The van der Waals surface area contributed by atoms with E-state index in [1.54, 1.807) is 12.5 Å². The van der Waals surface area contributed by atoms with E-state index in [1.165, 1.54) is 25.7 Å². The van der Waals surface area contributed by atoms with Crippen molar-refractivity contribution in [2.75, 3.05) is 19.8 Å². The first-order valence-corrected chi connectivity index (χ1v) is 18.2. The molecule has 0 saturated carbocycles. The smallest absolute Gasteiger partial charge is 0.306 e. The topological polar surface area (TPSA) is 108 Å². The Morgan fingerprint density at radius 1 is 0.787 bits per heavy atom. The van der Waals surface area contributed by atoms with E-state index in [1.807, 2.05) is 6.08 Å². The lowest BCUT2D eigenvalue weighted by molar-refractivity contribution is -0.153. The molecule has 0 bridgehead atoms. The highest BCUT2D eigenvalue weighted by Crippen LogP contribution is 2.36. The first kappa shape index (κ1) is 41.9. The number of aromatic amines is 1. The molecule has 266 valence electrons. The summed E-state index contributed by atoms with van der Waals surface area (Å²) < 4.78 is 16.6. The average Bonchev–Trinajstić information content (AvgIpc) is 3.61. The van der Waals surface area contributed by atoms with Gasteiger partial charge >= 0.3 is 17.9 Å². The van der Waals surface area contributed by atoms with Crippen LogP contribution in [0.1, 0.15) is 142 Å². The summed E-state index contributed by atoms with van der Waals surface area (Å²) in [6, 6.07) is 0. The van der Waals surface area contributed by atoms with E-state index < -0.39 is 5.92 Å². The zero-order valence-corrected chi connectivity index (χ0v) is 29.8. The first-order chi connectivity index (χ1) is 22.9. The highest BCUT2D eigenvalue weighted by atomic mass is 16.6. The molecular formula is C39H64N2O6. The Balaban J connectivity index is 2.37. The Kier molecular flexibility index (Phi) is 24.9. The van der Waals surface area contributed by atoms with Crippen LogP contribution in [0, 0.1) is 11.3 Å². The minimum Gasteiger partial charge on any atom is -0.465 e. The van der Waals surface area contributed by atoms with E-state index in [0.717, 1.165) is 76.3 Å². The molecule has 1 heterocycles. The van der Waals surface area contributed by atoms with Gasteiger partial charge in [-0.25, -0.2) is 4.98 Å². The maximum absolute atomic E-state index is 12.6. The molecule has 1 rings (SSSR count). The predicted molar refractivity (Wildman–Crippen MR) is 190 cm³/mol. The van der Waals surface area contributed by atoms with Crippen molar-refractivity contribution in [1.29, 1.82) is 0 Å². The van der Waals surface area contributed by atoms with Crippen molar-refractivity contribution in [2.45, 2.75) is 143 Å². The van der Waals surface area contributed by atoms with Gasteiger partial charge in [0.15, 0.2) is 0 Å². The molecule has 0 aromatic carbocycles. The van der Waals surface area contributed by atoms with Crippen molar-refractivity contribution in [3.05, 3.63) is 55.2 Å². The molecule has 0 spiro atoms. The molecule has 0 saturated heterocycles. The maximum atomic E-state index is 12.6. The zero-order valence-electron chi connectivity index (χ0n) is 29.8. The van der Waals surface area contributed by atoms with Crippen LogP contribution in [-0.2, 0) is 35.0 Å². The number of aromatic nitrogens is 2. The van der Waals surface area contributed by atoms with Gasteiger partial charge in [-0.05, 0) is 63.2 Å². The second kappa shape index (κ2) is 27.9. The number of ether oxygens (including phenoxy) is 3. The highest BCUT2D eigenvalue weighted by Gasteiger charge is 2.26. The fraction of sp³-hybridized carbons (Fsp3) is 0.692. The number of imidazole rings is 1. The van der Waals surface area contributed by atoms with Crippen molar-refractivity contribution in [3.63, 3.8) is 0 Å². The summed E-state index contributed by atoms with van der Waals surface area (Å²) in [6.45, 7) is 10.4. The fourth-order valence-electron chi connectivity index (χ4n) is 5.40. The molecule has 0 aliphatic heterocycles. The van der Waals surface area contributed by atoms with Crippen LogP contribution in [0.15, 0.2) is 49.5 Å². The second-order valence-electron chi connectivity index (χ2n) is 12.7. The van der Waals surface area contributed by atoms with Crippen LogP contribution < -0.4 is 0 Å². The van der Waals surface area contributed by atoms with Crippen molar-refractivity contribution in [2.24, 2.45) is 11.3 Å². The van der Waals surface area contributed by atoms with Gasteiger partial charge in [-0.1, -0.05) is 96.1 Å². The number of H-pyrrole nitrogens is 1. The van der Waals surface area contributed by atoms with Crippen LogP contribution >= 0.6 is 0 Å². The Morgan fingerprint density at radius 3 is 1.94 bits per heavy atom. The van der Waals surface area contributed by atoms with Gasteiger partial charge in [0, 0.05) is 24.7 Å². The van der Waals surface area contributed by atoms with Gasteiger partial charge in [0.2, 0.25) is 0 Å². The minimum atomic E-state index is -0.432. The largest absolute Gasteiger partial charge is 0.465 e. The third-order valence-electron chi connectivity index (χ3n) is 8.86. The van der Waals surface area contributed by atoms with Gasteiger partial charge in [0.1, 0.15) is 19.8 Å². The lowest BCUT2D eigenvalue weighted by Gasteiger charge is -2.30. The number of carbonyl (C=O) groups excluding carboxylic acids is 3. The Bertz CT molecular complexity index is 1010. The first-order valence-electron chi connectivity index (χ1n) is 18.2. The van der Waals surface area contributed by atoms with Gasteiger partial charge in [-0.2, -0.15) is 0 Å². The number of nitrogens with one attached hydrogen (secondary N) is 1. The van der Waals surface area contributed by atoms with E-state index in [9.17, 15) is 14.4 Å². The molecule has 0 amide bonds. The lowest BCUT2D eigenvalue weighted by atomic mass is 9.75. The summed E-state index contributed by atoms with van der Waals surface area (Å²) in [5, 5.41) is 0. The summed E-state index contributed by atoms with van der Waals surface area (Å²) in [4.78, 5) is 44.4. The number of unbranched alkanes of at least 4 members (excludes halogenated alkanes) is 8. The number of aryl methyl sites for hydroxylation is 1. The summed E-state index contributed by atoms with van der Waals surface area (Å²) >= 11 is 0. The Labute approximate surface area is 285 Å². The number of carbonyl (C=O) groups is 3. The van der Waals surface area contributed by atoms with Gasteiger partial charge in [0.05, 0.1) is 18.7 Å². The van der Waals surface area contributed by atoms with E-state index in [0.29, 0.717) is 19.3 Å². The van der Waals surface area contributed by atoms with Gasteiger partial charge in [-0.3, -0.25) is 14.4 Å². The van der Waals surface area contributed by atoms with Crippen molar-refractivity contribution >= 4 is 17.9 Å². The van der Waals surface area contributed by atoms with Crippen LogP contribution in [0.5, 0.6) is 0 Å². The fourth-order valence-corrected chi connectivity index (χ4v) is 5.40. The molecule has 0 aliphatic carbocycles. The number of allylic oxidation sites excluding steroid dienone is 5. The van der Waals surface area contributed by atoms with Crippen molar-refractivity contribution in [3.8, 4) is 0 Å². The molecular weight excluding hydrogens is 592 g/mol. The molecule has 1 atom stereocenters. The molecule has 0 aliphatic rings. The van der Waals surface area contributed by atoms with Crippen LogP contribution in [0.4, 0.5) is 0 Å². The molecule has 47 heavy (non-hydrogen) atoms. The monoisotopic (exact) mass is 656 g/mol. The molecule has 8 heteroatoms. The molecule has 1 unspecified atom stereocenters. The average molecular weight is 657 g/mol. The highest BCUT2D eigenvalue weighted by molar-refractivity contribution is 5.70. The molecule has 1 aromatic rings. The third-order valence-corrected chi connectivity index (χ3v) is 8.86. The summed E-state index contributed by atoms with van der Waals surface area (Å²) in [7, 11) is 0. The standard InChI is InChI=1S/C39H64N2O6/c1-5-9-10-11-12-13-14-15-16-17-18-19-20-21-22-23-36(42)45-30-34(31-46-37(43)25-24-35-29-40-33-41-35)32-47-38(44)26-28-39(7-3,8-4)27-6-2/h6,12-13,15-16,29,33-34H,2,5,7-11,14,17-28,30-32H2,1,3-4H3,(H,40,41)/b13-12-,16-15-. The van der Waals surface area contributed by atoms with Gasteiger partial charge in [0.25, 0.3) is 0 Å². The zero-order chi connectivity index (χ0) is 34.4. The van der Waals surface area contributed by atoms with E-state index >= 15 is 0 Å². The van der Waals surface area contributed by atoms with Crippen LogP contribution in [-0.4, -0.2) is 47.7 Å². The number of hydrogen-bond donors (Lipinski definition) is 1. The van der Waals surface area contributed by atoms with E-state index in [4.69, 9.17) is 14.2 Å².